The van der Waals surface area contributed by atoms with Crippen molar-refractivity contribution in [3.63, 3.8) is 0 Å². The molecule has 0 radical (unpaired) electrons. The number of nitrogens with one attached hydrogen (secondary N) is 2. The molecule has 0 spiro atoms. The van der Waals surface area contributed by atoms with E-state index in [-0.39, 0.29) is 37.6 Å². The summed E-state index contributed by atoms with van der Waals surface area (Å²) in [6.45, 7) is 7.96. The minimum atomic E-state index is -1.34. The second-order valence-electron chi connectivity index (χ2n) is 10.4. The van der Waals surface area contributed by atoms with Crippen LogP contribution < -0.4 is 26.8 Å². The maximum Gasteiger partial charge on any atom is 0.435 e. The maximum atomic E-state index is 13.6. The quantitative estimate of drug-likeness (QED) is 0.146. The van der Waals surface area contributed by atoms with E-state index in [1.165, 1.54) is 16.8 Å². The van der Waals surface area contributed by atoms with E-state index < -0.39 is 35.2 Å². The summed E-state index contributed by atoms with van der Waals surface area (Å²) < 4.78 is 6.41. The van der Waals surface area contributed by atoms with Crippen molar-refractivity contribution < 1.29 is 24.2 Å². The van der Waals surface area contributed by atoms with Gasteiger partial charge in [0.2, 0.25) is 5.91 Å². The number of fused-ring (bicyclic) bond motifs is 1. The molecule has 44 heavy (non-hydrogen) atoms. The Kier molecular flexibility index (Phi) is 9.91. The van der Waals surface area contributed by atoms with Crippen LogP contribution in [0.1, 0.15) is 48.8 Å². The van der Waals surface area contributed by atoms with Crippen LogP contribution in [0.3, 0.4) is 0 Å². The van der Waals surface area contributed by atoms with Gasteiger partial charge in [-0.2, -0.15) is 4.99 Å². The number of amidine groups is 1. The molecule has 1 aliphatic heterocycles. The smallest absolute Gasteiger partial charge is 0.435 e. The molecule has 2 heterocycles. The van der Waals surface area contributed by atoms with Gasteiger partial charge in [0, 0.05) is 25.1 Å². The van der Waals surface area contributed by atoms with E-state index in [9.17, 15) is 24.3 Å². The minimum Gasteiger partial charge on any atom is -0.465 e. The minimum absolute atomic E-state index is 0.0153. The van der Waals surface area contributed by atoms with Crippen molar-refractivity contribution in [1.29, 1.82) is 0 Å². The van der Waals surface area contributed by atoms with Crippen molar-refractivity contribution in [3.05, 3.63) is 106 Å². The van der Waals surface area contributed by atoms with Gasteiger partial charge < -0.3 is 26.2 Å². The molecule has 1 aromatic heterocycles. The molecule has 230 valence electrons. The Labute approximate surface area is 254 Å². The van der Waals surface area contributed by atoms with Gasteiger partial charge >= 0.3 is 12.2 Å². The lowest BCUT2D eigenvalue weighted by molar-refractivity contribution is -0.124. The van der Waals surface area contributed by atoms with Crippen molar-refractivity contribution in [2.45, 2.75) is 45.0 Å². The molecular weight excluding hydrogens is 566 g/mol. The van der Waals surface area contributed by atoms with Crippen molar-refractivity contribution in [2.75, 3.05) is 18.0 Å². The number of amides is 3. The summed E-state index contributed by atoms with van der Waals surface area (Å²) in [5.74, 6) is -0.0945. The average Bonchev–Trinajstić information content (AvgIpc) is 3.31. The van der Waals surface area contributed by atoms with E-state index in [1.807, 2.05) is 44.2 Å². The number of hydrogen-bond donors (Lipinski definition) is 4. The Hall–Kier alpha value is -5.30. The van der Waals surface area contributed by atoms with Crippen molar-refractivity contribution in [2.24, 2.45) is 10.7 Å². The molecule has 13 heteroatoms. The number of carboxylic acid groups (broad SMARTS) is 1. The van der Waals surface area contributed by atoms with E-state index in [0.29, 0.717) is 17.9 Å². The van der Waals surface area contributed by atoms with Crippen LogP contribution >= 0.6 is 0 Å². The molecule has 3 amide bonds. The van der Waals surface area contributed by atoms with Gasteiger partial charge in [0.05, 0.1) is 11.7 Å². The van der Waals surface area contributed by atoms with E-state index in [1.54, 1.807) is 24.3 Å². The number of ether oxygens (including phenoxy) is 1. The number of nitrogens with two attached hydrogens (primary N) is 1. The highest BCUT2D eigenvalue weighted by Gasteiger charge is 2.45. The van der Waals surface area contributed by atoms with Crippen LogP contribution in [0.5, 0.6) is 0 Å². The summed E-state index contributed by atoms with van der Waals surface area (Å²) in [6.07, 6.45) is 0.672. The predicted molar refractivity (Wildman–Crippen MR) is 164 cm³/mol. The first-order valence-electron chi connectivity index (χ1n) is 14.0. The third-order valence-electron chi connectivity index (χ3n) is 7.22. The molecule has 4 rings (SSSR count). The Balaban J connectivity index is 1.46. The molecule has 5 N–H and O–H groups in total. The van der Waals surface area contributed by atoms with Gasteiger partial charge in [0.15, 0.2) is 0 Å². The third kappa shape index (κ3) is 7.01. The van der Waals surface area contributed by atoms with E-state index >= 15 is 0 Å². The van der Waals surface area contributed by atoms with Crippen LogP contribution in [0.2, 0.25) is 0 Å². The average molecular weight is 602 g/mol. The number of hydrogen-bond acceptors (Lipinski definition) is 7. The standard InChI is InChI=1S/C31H35N7O6/c1-4-15-37(30(42)43)24-18-34-28-31(3,35-5-2)16-23(38(28)27(24)40)26(39)33-17-20-11-13-22(14-12-20)25(32)36-29(41)44-19-21-9-7-6-8-10-21/h4,6-14,18,23,35H,1,5,15-17,19H2,2-3H3,(H,33,39)(H,42,43)(H2,32,36,41). The zero-order valence-corrected chi connectivity index (χ0v) is 24.5. The predicted octanol–water partition coefficient (Wildman–Crippen LogP) is 3.04. The molecular formula is C31H35N7O6. The molecule has 2 atom stereocenters. The second-order valence-corrected chi connectivity index (χ2v) is 10.4. The summed E-state index contributed by atoms with van der Waals surface area (Å²) in [5, 5.41) is 15.8. The molecule has 2 unspecified atom stereocenters. The zero-order valence-electron chi connectivity index (χ0n) is 24.5. The first kappa shape index (κ1) is 31.6. The van der Waals surface area contributed by atoms with Gasteiger partial charge in [-0.1, -0.05) is 67.6 Å². The summed E-state index contributed by atoms with van der Waals surface area (Å²) in [5.41, 5.74) is 6.45. The van der Waals surface area contributed by atoms with E-state index in [4.69, 9.17) is 10.5 Å². The van der Waals surface area contributed by atoms with Crippen LogP contribution in [-0.4, -0.2) is 51.7 Å². The van der Waals surface area contributed by atoms with Crippen molar-refractivity contribution in [3.8, 4) is 0 Å². The number of rotatable bonds is 11. The molecule has 1 aliphatic rings. The van der Waals surface area contributed by atoms with Crippen LogP contribution in [0.25, 0.3) is 0 Å². The van der Waals surface area contributed by atoms with Crippen molar-refractivity contribution in [1.82, 2.24) is 20.2 Å². The summed E-state index contributed by atoms with van der Waals surface area (Å²) in [6, 6.07) is 15.0. The van der Waals surface area contributed by atoms with Crippen LogP contribution in [-0.2, 0) is 28.2 Å². The molecule has 0 saturated heterocycles. The van der Waals surface area contributed by atoms with Gasteiger partial charge in [-0.3, -0.25) is 19.1 Å². The Morgan fingerprint density at radius 3 is 2.55 bits per heavy atom. The molecule has 0 fully saturated rings. The number of aromatic nitrogens is 2. The molecule has 3 aromatic rings. The molecule has 0 saturated carbocycles. The fourth-order valence-corrected chi connectivity index (χ4v) is 5.09. The number of anilines is 1. The third-order valence-corrected chi connectivity index (χ3v) is 7.22. The van der Waals surface area contributed by atoms with Gasteiger partial charge in [0.1, 0.15) is 30.0 Å². The van der Waals surface area contributed by atoms with Gasteiger partial charge in [-0.25, -0.2) is 14.6 Å². The number of carbonyl (C=O) groups excluding carboxylic acids is 2. The number of nitrogens with zero attached hydrogens (tertiary/aromatic N) is 4. The highest BCUT2D eigenvalue weighted by atomic mass is 16.5. The van der Waals surface area contributed by atoms with Gasteiger partial charge in [-0.05, 0) is 24.6 Å². The summed E-state index contributed by atoms with van der Waals surface area (Å²) in [4.78, 5) is 60.0. The monoisotopic (exact) mass is 601 g/mol. The fraction of sp³-hybridized carbons (Fsp3) is 0.290. The van der Waals surface area contributed by atoms with Gasteiger partial charge in [-0.15, -0.1) is 6.58 Å². The second kappa shape index (κ2) is 13.8. The van der Waals surface area contributed by atoms with Crippen LogP contribution in [0.4, 0.5) is 15.3 Å². The molecule has 2 aromatic carbocycles. The lowest BCUT2D eigenvalue weighted by atomic mass is 9.96. The largest absolute Gasteiger partial charge is 0.465 e. The Morgan fingerprint density at radius 1 is 1.20 bits per heavy atom. The molecule has 0 aliphatic carbocycles. The lowest BCUT2D eigenvalue weighted by Crippen LogP contribution is -2.41. The summed E-state index contributed by atoms with van der Waals surface area (Å²) in [7, 11) is 0. The molecule has 0 bridgehead atoms. The fourth-order valence-electron chi connectivity index (χ4n) is 5.09. The highest BCUT2D eigenvalue weighted by Crippen LogP contribution is 2.37. The lowest BCUT2D eigenvalue weighted by Gasteiger charge is -2.24. The van der Waals surface area contributed by atoms with Crippen LogP contribution in [0, 0.1) is 0 Å². The maximum absolute atomic E-state index is 13.6. The highest BCUT2D eigenvalue weighted by molar-refractivity contribution is 6.02. The van der Waals surface area contributed by atoms with Crippen LogP contribution in [0.15, 0.2) is 83.2 Å². The van der Waals surface area contributed by atoms with E-state index in [2.05, 4.69) is 27.2 Å². The van der Waals surface area contributed by atoms with Gasteiger partial charge in [0.25, 0.3) is 5.56 Å². The first-order chi connectivity index (χ1) is 21.1. The normalized spacial score (nSPS) is 17.4. The molecule has 13 nitrogen and oxygen atoms in total. The number of benzene rings is 2. The number of carbonyl (C=O) groups is 3. The number of aliphatic imine (C=N–C) groups is 1. The SMILES string of the molecule is C=CCN(C(=O)O)c1cnc2n(c1=O)C(C(=O)NCc1ccc(/C(N)=N\C(=O)OCc3ccccc3)cc1)CC2(C)NCC. The first-order valence-corrected chi connectivity index (χ1v) is 14.0. The topological polar surface area (TPSA) is 181 Å². The summed E-state index contributed by atoms with van der Waals surface area (Å²) >= 11 is 0. The zero-order chi connectivity index (χ0) is 31.9. The van der Waals surface area contributed by atoms with Crippen molar-refractivity contribution >= 4 is 29.6 Å². The Morgan fingerprint density at radius 2 is 1.91 bits per heavy atom. The van der Waals surface area contributed by atoms with E-state index in [0.717, 1.165) is 16.0 Å². The Bertz CT molecular complexity index is 1620.